The van der Waals surface area contributed by atoms with E-state index in [1.165, 1.54) is 18.4 Å². The van der Waals surface area contributed by atoms with E-state index < -0.39 is 57.3 Å². The zero-order chi connectivity index (χ0) is 35.9. The molecule has 1 heterocycles. The number of urea groups is 1. The van der Waals surface area contributed by atoms with Gasteiger partial charge in [0.05, 0.1) is 17.3 Å². The van der Waals surface area contributed by atoms with Crippen LogP contribution in [0, 0.1) is 17.8 Å². The van der Waals surface area contributed by atoms with Gasteiger partial charge in [-0.25, -0.2) is 17.5 Å². The highest BCUT2D eigenvalue weighted by atomic mass is 32.2. The van der Waals surface area contributed by atoms with E-state index in [4.69, 9.17) is 0 Å². The van der Waals surface area contributed by atoms with Gasteiger partial charge in [0.15, 0.2) is 0 Å². The molecule has 1 saturated heterocycles. The number of nitrogens with one attached hydrogen (secondary N) is 4. The summed E-state index contributed by atoms with van der Waals surface area (Å²) in [5.74, 6) is -2.64. The van der Waals surface area contributed by atoms with Gasteiger partial charge in [-0.05, 0) is 69.1 Å². The van der Waals surface area contributed by atoms with Crippen LogP contribution in [0.4, 0.5) is 4.79 Å². The summed E-state index contributed by atoms with van der Waals surface area (Å²) in [6.07, 6.45) is 11.1. The summed E-state index contributed by atoms with van der Waals surface area (Å²) in [6.45, 7) is 6.22. The first-order chi connectivity index (χ1) is 23.2. The van der Waals surface area contributed by atoms with Crippen molar-refractivity contribution in [2.45, 2.75) is 147 Å². The highest BCUT2D eigenvalue weighted by Crippen LogP contribution is 2.35. The molecule has 4 rings (SSSR count). The lowest BCUT2D eigenvalue weighted by Gasteiger charge is -2.40. The number of hydrogen-bond acceptors (Lipinski definition) is 7. The quantitative estimate of drug-likeness (QED) is 0.189. The largest absolute Gasteiger partial charge is 0.347 e. The number of nitrogens with zero attached hydrogens (tertiary/aromatic N) is 2. The fraction of sp³-hybridized carbons (Fsp3) is 0.857. The first-order valence-electron chi connectivity index (χ1n) is 18.6. The number of carbonyl (C=O) groups excluding carboxylic acids is 5. The Balaban J connectivity index is 1.56. The summed E-state index contributed by atoms with van der Waals surface area (Å²) < 4.78 is 27.1. The number of Topliss-reactive ketones (excluding diaryl/α,β-unsaturated/α-hetero) is 1. The van der Waals surface area contributed by atoms with E-state index >= 15 is 0 Å². The van der Waals surface area contributed by atoms with Crippen molar-refractivity contribution in [3.05, 3.63) is 0 Å². The molecule has 0 aromatic heterocycles. The Kier molecular flexibility index (Phi) is 13.5. The molecule has 5 amide bonds. The van der Waals surface area contributed by atoms with E-state index in [2.05, 4.69) is 21.3 Å². The molecule has 3 saturated carbocycles. The minimum atomic E-state index is -3.62. The molecule has 0 aromatic carbocycles. The van der Waals surface area contributed by atoms with Crippen LogP contribution in [0.3, 0.4) is 0 Å². The summed E-state index contributed by atoms with van der Waals surface area (Å²) in [5, 5.41) is 11.6. The van der Waals surface area contributed by atoms with E-state index in [0.29, 0.717) is 38.6 Å². The second-order valence-corrected chi connectivity index (χ2v) is 17.7. The van der Waals surface area contributed by atoms with E-state index in [-0.39, 0.29) is 35.5 Å². The SMILES string of the molecule is CCC[C@H](NC(=O)[C@@H]1[C@@H](C(C)C)CCN1C(=O)[C@@H](NC(=O)NC1(CS(=O)(=O)N(C)C)CCCCC1)C1CCCCC1)C(=O)C(=O)NC1CC1. The van der Waals surface area contributed by atoms with Gasteiger partial charge >= 0.3 is 6.03 Å². The van der Waals surface area contributed by atoms with Gasteiger partial charge in [0.2, 0.25) is 27.6 Å². The molecular weight excluding hydrogens is 648 g/mol. The molecule has 0 unspecified atom stereocenters. The summed E-state index contributed by atoms with van der Waals surface area (Å²) in [4.78, 5) is 69.8. The summed E-state index contributed by atoms with van der Waals surface area (Å²) in [7, 11) is -0.646. The molecule has 0 aromatic rings. The third-order valence-corrected chi connectivity index (χ3v) is 13.1. The van der Waals surface area contributed by atoms with Gasteiger partial charge in [0.1, 0.15) is 12.1 Å². The molecule has 0 radical (unpaired) electrons. The minimum absolute atomic E-state index is 0.00879. The third-order valence-electron chi connectivity index (χ3n) is 11.1. The van der Waals surface area contributed by atoms with E-state index in [1.807, 2.05) is 20.8 Å². The van der Waals surface area contributed by atoms with Crippen LogP contribution in [0.1, 0.15) is 117 Å². The van der Waals surface area contributed by atoms with Crippen LogP contribution in [0.15, 0.2) is 0 Å². The zero-order valence-corrected chi connectivity index (χ0v) is 31.0. The first-order valence-corrected chi connectivity index (χ1v) is 20.2. The van der Waals surface area contributed by atoms with Crippen molar-refractivity contribution in [1.29, 1.82) is 0 Å². The van der Waals surface area contributed by atoms with Gasteiger partial charge in [0.25, 0.3) is 5.91 Å². The summed E-state index contributed by atoms with van der Waals surface area (Å²) in [6, 6.07) is -3.32. The van der Waals surface area contributed by atoms with Crippen LogP contribution >= 0.6 is 0 Å². The predicted octanol–water partition coefficient (Wildman–Crippen LogP) is 2.83. The van der Waals surface area contributed by atoms with Gasteiger partial charge in [-0.3, -0.25) is 19.2 Å². The molecule has 0 bridgehead atoms. The minimum Gasteiger partial charge on any atom is -0.347 e. The van der Waals surface area contributed by atoms with E-state index in [0.717, 1.165) is 64.2 Å². The second-order valence-electron chi connectivity index (χ2n) is 15.5. The Morgan fingerprint density at radius 1 is 0.878 bits per heavy atom. The molecule has 4 N–H and O–H groups in total. The fourth-order valence-electron chi connectivity index (χ4n) is 8.01. The zero-order valence-electron chi connectivity index (χ0n) is 30.2. The maximum Gasteiger partial charge on any atom is 0.315 e. The van der Waals surface area contributed by atoms with Crippen molar-refractivity contribution in [2.75, 3.05) is 26.4 Å². The molecule has 278 valence electrons. The number of carbonyl (C=O) groups is 5. The van der Waals surface area contributed by atoms with Crippen LogP contribution in [0.25, 0.3) is 0 Å². The number of sulfonamides is 1. The van der Waals surface area contributed by atoms with Crippen LogP contribution in [0.5, 0.6) is 0 Å². The van der Waals surface area contributed by atoms with Crippen molar-refractivity contribution in [3.8, 4) is 0 Å². The van der Waals surface area contributed by atoms with Crippen LogP contribution in [-0.4, -0.2) is 103 Å². The smallest absolute Gasteiger partial charge is 0.315 e. The number of likely N-dealkylation sites (tertiary alicyclic amines) is 1. The topological polar surface area (TPSA) is 174 Å². The monoisotopic (exact) mass is 708 g/mol. The molecule has 0 spiro atoms. The lowest BCUT2D eigenvalue weighted by atomic mass is 9.82. The molecule has 3 aliphatic carbocycles. The summed E-state index contributed by atoms with van der Waals surface area (Å²) in [5.41, 5.74) is -0.947. The van der Waals surface area contributed by atoms with Crippen LogP contribution < -0.4 is 21.3 Å². The third kappa shape index (κ3) is 10.2. The second kappa shape index (κ2) is 17.0. The van der Waals surface area contributed by atoms with E-state index in [9.17, 15) is 32.4 Å². The van der Waals surface area contributed by atoms with Crippen molar-refractivity contribution in [2.24, 2.45) is 17.8 Å². The van der Waals surface area contributed by atoms with E-state index in [1.54, 1.807) is 4.90 Å². The Morgan fingerprint density at radius 2 is 1.51 bits per heavy atom. The molecule has 49 heavy (non-hydrogen) atoms. The van der Waals surface area contributed by atoms with Gasteiger partial charge < -0.3 is 26.2 Å². The standard InChI is InChI=1S/C35H60N6O7S/c1-6-13-27(30(42)32(44)36-25-16-17-25)37-31(43)29-26(23(2)3)18-21-41(29)33(45)28(24-14-9-7-10-15-24)38-34(46)39-35(19-11-8-12-20-35)22-49(47,48)40(4)5/h23-29H,6-22H2,1-5H3,(H,36,44)(H,37,43)(H2,38,39,46)/t26-,27+,28+,29+/m1/s1. The summed E-state index contributed by atoms with van der Waals surface area (Å²) >= 11 is 0. The van der Waals surface area contributed by atoms with Gasteiger partial charge in [-0.1, -0.05) is 65.7 Å². The molecule has 4 atom stereocenters. The maximum absolute atomic E-state index is 14.6. The molecule has 1 aliphatic heterocycles. The molecule has 4 aliphatic rings. The number of ketones is 1. The van der Waals surface area contributed by atoms with Crippen LogP contribution in [-0.2, 0) is 29.2 Å². The van der Waals surface area contributed by atoms with Crippen LogP contribution in [0.2, 0.25) is 0 Å². The van der Waals surface area contributed by atoms with Crippen molar-refractivity contribution in [1.82, 2.24) is 30.5 Å². The Bertz CT molecular complexity index is 1310. The molecule has 14 heteroatoms. The van der Waals surface area contributed by atoms with Crippen molar-refractivity contribution in [3.63, 3.8) is 0 Å². The molecule has 4 fully saturated rings. The van der Waals surface area contributed by atoms with Gasteiger partial charge in [-0.15, -0.1) is 0 Å². The average molecular weight is 709 g/mol. The molecule has 13 nitrogen and oxygen atoms in total. The Labute approximate surface area is 292 Å². The normalized spacial score (nSPS) is 24.3. The van der Waals surface area contributed by atoms with Crippen molar-refractivity contribution < 1.29 is 32.4 Å². The number of rotatable bonds is 15. The number of amides is 5. The maximum atomic E-state index is 14.6. The first kappa shape index (κ1) is 39.1. The number of hydrogen-bond donors (Lipinski definition) is 4. The Hall–Kier alpha value is -2.74. The van der Waals surface area contributed by atoms with Gasteiger partial charge in [-0.2, -0.15) is 0 Å². The fourth-order valence-corrected chi connectivity index (χ4v) is 9.33. The average Bonchev–Trinajstić information content (AvgIpc) is 3.75. The van der Waals surface area contributed by atoms with Gasteiger partial charge in [0, 0.05) is 26.7 Å². The lowest BCUT2D eigenvalue weighted by molar-refractivity contribution is -0.144. The van der Waals surface area contributed by atoms with Crippen molar-refractivity contribution >= 4 is 39.6 Å². The Morgan fingerprint density at radius 3 is 2.08 bits per heavy atom. The highest BCUT2D eigenvalue weighted by molar-refractivity contribution is 7.89. The lowest BCUT2D eigenvalue weighted by Crippen LogP contribution is -2.63. The highest BCUT2D eigenvalue weighted by Gasteiger charge is 2.48. The molecular formula is C35H60N6O7S. The predicted molar refractivity (Wildman–Crippen MR) is 187 cm³/mol.